The zero-order chi connectivity index (χ0) is 14.7. The molecule has 0 radical (unpaired) electrons. The molecule has 3 rings (SSSR count). The van der Waals surface area contributed by atoms with Crippen molar-refractivity contribution in [3.63, 3.8) is 0 Å². The summed E-state index contributed by atoms with van der Waals surface area (Å²) >= 11 is 1.56. The highest BCUT2D eigenvalue weighted by Crippen LogP contribution is 2.41. The first-order valence-corrected chi connectivity index (χ1v) is 7.44. The van der Waals surface area contributed by atoms with Crippen LogP contribution in [0.1, 0.15) is 16.4 Å². The monoisotopic (exact) mass is 299 g/mol. The second-order valence-corrected chi connectivity index (χ2v) is 5.60. The Kier molecular flexibility index (Phi) is 3.84. The first-order chi connectivity index (χ1) is 10.3. The minimum atomic E-state index is -0.0345. The van der Waals surface area contributed by atoms with Gasteiger partial charge in [0.1, 0.15) is 18.2 Å². The summed E-state index contributed by atoms with van der Waals surface area (Å²) in [5.74, 6) is 4.18. The topological polar surface area (TPSA) is 67.0 Å². The van der Waals surface area contributed by atoms with Gasteiger partial charge in [0.05, 0.1) is 17.2 Å². The summed E-state index contributed by atoms with van der Waals surface area (Å²) in [5, 5.41) is 9.68. The van der Waals surface area contributed by atoms with Crippen LogP contribution in [0.2, 0.25) is 0 Å². The summed E-state index contributed by atoms with van der Waals surface area (Å²) in [4.78, 5) is 11.7. The predicted octanol–water partition coefficient (Wildman–Crippen LogP) is 2.20. The number of carbonyl (C=O) groups excluding carboxylic acids is 1. The number of hydrogen-bond donors (Lipinski definition) is 2. The van der Waals surface area contributed by atoms with E-state index in [2.05, 4.69) is 21.4 Å². The lowest BCUT2D eigenvalue weighted by atomic mass is 10.1. The lowest BCUT2D eigenvalue weighted by Gasteiger charge is -2.14. The van der Waals surface area contributed by atoms with Gasteiger partial charge in [0.2, 0.25) is 5.91 Å². The molecule has 1 aromatic carbocycles. The van der Waals surface area contributed by atoms with E-state index in [0.717, 1.165) is 16.9 Å². The van der Waals surface area contributed by atoms with Gasteiger partial charge in [-0.15, -0.1) is 18.2 Å². The molecule has 106 valence electrons. The van der Waals surface area contributed by atoms with Crippen LogP contribution in [0.25, 0.3) is 0 Å². The van der Waals surface area contributed by atoms with Crippen LogP contribution in [-0.2, 0) is 4.79 Å². The van der Waals surface area contributed by atoms with Gasteiger partial charge in [0.25, 0.3) is 0 Å². The molecule has 0 bridgehead atoms. The molecule has 2 heterocycles. The van der Waals surface area contributed by atoms with Gasteiger partial charge in [-0.3, -0.25) is 9.89 Å². The van der Waals surface area contributed by atoms with Crippen molar-refractivity contribution >= 4 is 23.5 Å². The Morgan fingerprint density at radius 2 is 2.43 bits per heavy atom. The van der Waals surface area contributed by atoms with E-state index in [1.165, 1.54) is 0 Å². The Labute approximate surface area is 126 Å². The van der Waals surface area contributed by atoms with Crippen molar-refractivity contribution in [2.45, 2.75) is 5.25 Å². The zero-order valence-corrected chi connectivity index (χ0v) is 11.9. The van der Waals surface area contributed by atoms with Crippen molar-refractivity contribution in [1.29, 1.82) is 0 Å². The number of amides is 1. The van der Waals surface area contributed by atoms with Crippen LogP contribution in [0.4, 0.5) is 5.82 Å². The first kappa shape index (κ1) is 13.6. The molecule has 0 spiro atoms. The fraction of sp³-hybridized carbons (Fsp3) is 0.200. The third-order valence-corrected chi connectivity index (χ3v) is 4.37. The van der Waals surface area contributed by atoms with Crippen LogP contribution in [0.5, 0.6) is 5.75 Å². The quantitative estimate of drug-likeness (QED) is 0.853. The number of ether oxygens (including phenoxy) is 1. The molecule has 1 aromatic heterocycles. The van der Waals surface area contributed by atoms with E-state index in [4.69, 9.17) is 11.2 Å². The minimum Gasteiger partial charge on any atom is -0.481 e. The van der Waals surface area contributed by atoms with Gasteiger partial charge in [-0.1, -0.05) is 18.1 Å². The van der Waals surface area contributed by atoms with Crippen LogP contribution in [-0.4, -0.2) is 28.5 Å². The smallest absolute Gasteiger partial charge is 0.235 e. The summed E-state index contributed by atoms with van der Waals surface area (Å²) in [6.07, 6.45) is 6.95. The van der Waals surface area contributed by atoms with Crippen molar-refractivity contribution in [2.24, 2.45) is 0 Å². The van der Waals surface area contributed by atoms with Crippen LogP contribution < -0.4 is 10.1 Å². The van der Waals surface area contributed by atoms with Gasteiger partial charge in [0, 0.05) is 5.56 Å². The van der Waals surface area contributed by atoms with Crippen LogP contribution in [0.15, 0.2) is 30.5 Å². The number of H-pyrrole nitrogens is 1. The number of fused-ring (bicyclic) bond motifs is 1. The van der Waals surface area contributed by atoms with Crippen LogP contribution in [0, 0.1) is 12.3 Å². The minimum absolute atomic E-state index is 0.0204. The van der Waals surface area contributed by atoms with Crippen molar-refractivity contribution < 1.29 is 9.53 Å². The average Bonchev–Trinajstić information content (AvgIpc) is 2.88. The molecule has 1 amide bonds. The highest BCUT2D eigenvalue weighted by atomic mass is 32.2. The third-order valence-electron chi connectivity index (χ3n) is 3.08. The Morgan fingerprint density at radius 3 is 3.29 bits per heavy atom. The van der Waals surface area contributed by atoms with Crippen LogP contribution >= 0.6 is 11.8 Å². The van der Waals surface area contributed by atoms with E-state index in [1.54, 1.807) is 18.0 Å². The third kappa shape index (κ3) is 2.88. The highest BCUT2D eigenvalue weighted by Gasteiger charge is 2.25. The Morgan fingerprint density at radius 1 is 1.52 bits per heavy atom. The second kappa shape index (κ2) is 5.94. The van der Waals surface area contributed by atoms with Crippen molar-refractivity contribution in [2.75, 3.05) is 17.7 Å². The molecule has 1 aliphatic heterocycles. The molecule has 2 N–H and O–H groups in total. The number of thioether (sulfide) groups is 1. The van der Waals surface area contributed by atoms with Gasteiger partial charge in [-0.25, -0.2) is 0 Å². The van der Waals surface area contributed by atoms with Gasteiger partial charge in [-0.2, -0.15) is 5.10 Å². The predicted molar refractivity (Wildman–Crippen MR) is 82.3 cm³/mol. The summed E-state index contributed by atoms with van der Waals surface area (Å²) in [6.45, 7) is 0.234. The maximum Gasteiger partial charge on any atom is 0.235 e. The van der Waals surface area contributed by atoms with Gasteiger partial charge in [-0.05, 0) is 17.7 Å². The number of hydrogen-bond acceptors (Lipinski definition) is 4. The number of terminal acetylenes is 1. The molecule has 1 atom stereocenters. The molecule has 6 heteroatoms. The highest BCUT2D eigenvalue weighted by molar-refractivity contribution is 8.00. The number of aromatic nitrogens is 2. The van der Waals surface area contributed by atoms with E-state index in [1.807, 2.05) is 24.3 Å². The van der Waals surface area contributed by atoms with E-state index in [0.29, 0.717) is 11.6 Å². The Balaban J connectivity index is 1.93. The van der Waals surface area contributed by atoms with E-state index in [-0.39, 0.29) is 17.8 Å². The van der Waals surface area contributed by atoms with Crippen molar-refractivity contribution in [3.8, 4) is 18.1 Å². The number of anilines is 1. The molecule has 0 saturated carbocycles. The van der Waals surface area contributed by atoms with Gasteiger partial charge < -0.3 is 10.1 Å². The molecular weight excluding hydrogens is 286 g/mol. The summed E-state index contributed by atoms with van der Waals surface area (Å²) in [7, 11) is 0. The van der Waals surface area contributed by atoms with Crippen LogP contribution in [0.3, 0.4) is 0 Å². The van der Waals surface area contributed by atoms with E-state index >= 15 is 0 Å². The summed E-state index contributed by atoms with van der Waals surface area (Å²) < 4.78 is 5.46. The zero-order valence-electron chi connectivity index (χ0n) is 11.1. The molecule has 0 saturated heterocycles. The summed E-state index contributed by atoms with van der Waals surface area (Å²) in [5.41, 5.74) is 2.01. The number of carbonyl (C=O) groups is 1. The number of nitrogens with zero attached hydrogens (tertiary/aromatic N) is 1. The number of rotatable bonds is 3. The SMILES string of the molecule is C#CCOc1cccc(C2SCC(=O)Nc3[nH]ncc32)c1. The Hall–Kier alpha value is -2.39. The maximum absolute atomic E-state index is 11.7. The fourth-order valence-electron chi connectivity index (χ4n) is 2.19. The normalized spacial score (nSPS) is 17.3. The van der Waals surface area contributed by atoms with Crippen molar-refractivity contribution in [1.82, 2.24) is 10.2 Å². The molecule has 2 aromatic rings. The molecule has 21 heavy (non-hydrogen) atoms. The maximum atomic E-state index is 11.7. The molecule has 0 fully saturated rings. The standard InChI is InChI=1S/C15H13N3O2S/c1-2-6-20-11-5-3-4-10(7-11)14-12-8-16-18-15(12)17-13(19)9-21-14/h1,3-5,7-8,14H,6,9H2,(H2,16,17,18,19). The lowest BCUT2D eigenvalue weighted by molar-refractivity contribution is -0.113. The molecule has 5 nitrogen and oxygen atoms in total. The molecular formula is C15H13N3O2S. The van der Waals surface area contributed by atoms with Gasteiger partial charge >= 0.3 is 0 Å². The summed E-state index contributed by atoms with van der Waals surface area (Å²) in [6, 6.07) is 7.73. The molecule has 1 unspecified atom stereocenters. The largest absolute Gasteiger partial charge is 0.481 e. The molecule has 1 aliphatic rings. The first-order valence-electron chi connectivity index (χ1n) is 6.39. The lowest BCUT2D eigenvalue weighted by Crippen LogP contribution is -2.12. The van der Waals surface area contributed by atoms with E-state index < -0.39 is 0 Å². The second-order valence-electron chi connectivity index (χ2n) is 4.50. The molecule has 0 aliphatic carbocycles. The van der Waals surface area contributed by atoms with Gasteiger partial charge in [0.15, 0.2) is 0 Å². The fourth-order valence-corrected chi connectivity index (χ4v) is 3.27. The number of aromatic amines is 1. The Bertz CT molecular complexity index is 705. The number of nitrogens with one attached hydrogen (secondary N) is 2. The average molecular weight is 299 g/mol. The van der Waals surface area contributed by atoms with Crippen molar-refractivity contribution in [3.05, 3.63) is 41.6 Å². The number of benzene rings is 1. The van der Waals surface area contributed by atoms with E-state index in [9.17, 15) is 4.79 Å².